The van der Waals surface area contributed by atoms with E-state index in [1.54, 1.807) is 0 Å². The van der Waals surface area contributed by atoms with Gasteiger partial charge in [-0.25, -0.2) is 4.57 Å². The highest BCUT2D eigenvalue weighted by atomic mass is 31.2. The van der Waals surface area contributed by atoms with Gasteiger partial charge in [-0.3, -0.25) is 18.6 Å². The van der Waals surface area contributed by atoms with Crippen molar-refractivity contribution in [1.82, 2.24) is 0 Å². The maximum atomic E-state index is 12.8. The Kier molecular flexibility index (Phi) is 33.3. The van der Waals surface area contributed by atoms with Crippen LogP contribution in [0.5, 0.6) is 0 Å². The second kappa shape index (κ2) is 35.6. The van der Waals surface area contributed by atoms with Crippen LogP contribution in [0, 0.1) is 0 Å². The minimum Gasteiger partial charge on any atom is -0.462 e. The molecule has 0 aromatic heterocycles. The lowest BCUT2D eigenvalue weighted by Gasteiger charge is -2.41. The van der Waals surface area contributed by atoms with Crippen molar-refractivity contribution in [2.75, 3.05) is 13.2 Å². The second-order valence-corrected chi connectivity index (χ2v) is 17.3. The summed E-state index contributed by atoms with van der Waals surface area (Å²) < 4.78 is 33.4. The number of hydrogen-bond donors (Lipinski definition) is 6. The minimum atomic E-state index is -5.13. The van der Waals surface area contributed by atoms with E-state index in [2.05, 4.69) is 38.2 Å². The van der Waals surface area contributed by atoms with Crippen molar-refractivity contribution >= 4 is 19.8 Å². The quantitative estimate of drug-likeness (QED) is 0.0150. The molecule has 1 aliphatic carbocycles. The predicted octanol–water partition coefficient (Wildman–Crippen LogP) is 8.61. The van der Waals surface area contributed by atoms with Crippen molar-refractivity contribution in [2.45, 2.75) is 224 Å². The van der Waals surface area contributed by atoms with Gasteiger partial charge in [-0.15, -0.1) is 0 Å². The summed E-state index contributed by atoms with van der Waals surface area (Å²) >= 11 is 0. The molecule has 0 aliphatic heterocycles. The fraction of sp³-hybridized carbons (Fsp3) is 0.822. The molecule has 8 atom stereocenters. The summed E-state index contributed by atoms with van der Waals surface area (Å²) in [7, 11) is -5.13. The number of phosphoric acid groups is 1. The van der Waals surface area contributed by atoms with Crippen LogP contribution in [0.1, 0.15) is 181 Å². The second-order valence-electron chi connectivity index (χ2n) is 15.9. The lowest BCUT2D eigenvalue weighted by atomic mass is 9.85. The number of rotatable bonds is 37. The zero-order chi connectivity index (χ0) is 43.6. The van der Waals surface area contributed by atoms with Gasteiger partial charge in [-0.1, -0.05) is 159 Å². The Morgan fingerprint density at radius 2 is 0.932 bits per heavy atom. The molecule has 59 heavy (non-hydrogen) atoms. The molecule has 0 saturated heterocycles. The number of phosphoric ester groups is 1. The van der Waals surface area contributed by atoms with Crippen LogP contribution in [-0.2, 0) is 32.7 Å². The number of ether oxygens (including phenoxy) is 2. The summed E-state index contributed by atoms with van der Waals surface area (Å²) in [4.78, 5) is 35.6. The molecule has 0 heterocycles. The molecule has 0 radical (unpaired) electrons. The fourth-order valence-electron chi connectivity index (χ4n) is 6.77. The number of aliphatic hydroxyl groups is 5. The van der Waals surface area contributed by atoms with Gasteiger partial charge < -0.3 is 39.9 Å². The molecule has 0 aromatic rings. The van der Waals surface area contributed by atoms with Crippen LogP contribution >= 0.6 is 7.82 Å². The summed E-state index contributed by atoms with van der Waals surface area (Å²) in [5, 5.41) is 50.1. The molecular formula is C45H81O13P. The lowest BCUT2D eigenvalue weighted by Crippen LogP contribution is -2.64. The first-order valence-electron chi connectivity index (χ1n) is 22.8. The number of carbonyl (C=O) groups excluding carboxylic acids is 2. The van der Waals surface area contributed by atoms with Crippen molar-refractivity contribution in [2.24, 2.45) is 0 Å². The topological polar surface area (TPSA) is 210 Å². The highest BCUT2D eigenvalue weighted by molar-refractivity contribution is 7.47. The fourth-order valence-corrected chi connectivity index (χ4v) is 7.75. The van der Waals surface area contributed by atoms with Crippen molar-refractivity contribution in [1.29, 1.82) is 0 Å². The standard InChI is InChI=1S/C45H81O13P/c1-3-5-7-9-11-13-15-17-18-19-20-22-24-26-28-30-32-34-39(47)57-37(36-56-59(53,54)58-45-43(51)41(49)40(48)42(50)44(45)52)35-55-38(46)33-31-29-27-25-23-21-16-14-12-10-8-6-4-2/h17-18,20,22,26,28,37,40-45,48-52H,3-16,19,21,23-25,27,29-36H2,1-2H3,(H,53,54)/b18-17+,22-20+,28-26+/t37-,40?,41+,42?,43?,44?,45?/m1/s1. The Balaban J connectivity index is 2.51. The maximum Gasteiger partial charge on any atom is 0.472 e. The molecule has 1 rings (SSSR count). The number of hydrogen-bond acceptors (Lipinski definition) is 12. The first kappa shape index (κ1) is 55.1. The molecule has 1 saturated carbocycles. The third-order valence-electron chi connectivity index (χ3n) is 10.5. The van der Waals surface area contributed by atoms with Gasteiger partial charge in [0.15, 0.2) is 6.10 Å². The van der Waals surface area contributed by atoms with Crippen LogP contribution in [0.25, 0.3) is 0 Å². The van der Waals surface area contributed by atoms with Crippen molar-refractivity contribution < 1.29 is 63.1 Å². The summed E-state index contributed by atoms with van der Waals surface area (Å²) in [5.41, 5.74) is 0. The number of unbranched alkanes of at least 4 members (excludes halogenated alkanes) is 19. The molecule has 1 fully saturated rings. The van der Waals surface area contributed by atoms with Gasteiger partial charge in [-0.2, -0.15) is 0 Å². The van der Waals surface area contributed by atoms with Crippen LogP contribution in [0.3, 0.4) is 0 Å². The van der Waals surface area contributed by atoms with E-state index in [0.717, 1.165) is 38.5 Å². The van der Waals surface area contributed by atoms with E-state index in [1.165, 1.54) is 96.3 Å². The van der Waals surface area contributed by atoms with Crippen molar-refractivity contribution in [3.05, 3.63) is 36.5 Å². The van der Waals surface area contributed by atoms with Crippen molar-refractivity contribution in [3.63, 3.8) is 0 Å². The van der Waals surface area contributed by atoms with E-state index in [9.17, 15) is 44.6 Å². The number of allylic oxidation sites excluding steroid dienone is 6. The van der Waals surface area contributed by atoms with Gasteiger partial charge in [0.1, 0.15) is 43.2 Å². The van der Waals surface area contributed by atoms with Gasteiger partial charge in [0, 0.05) is 12.8 Å². The molecule has 14 heteroatoms. The van der Waals surface area contributed by atoms with Crippen LogP contribution in [0.2, 0.25) is 0 Å². The molecule has 0 amide bonds. The highest BCUT2D eigenvalue weighted by Gasteiger charge is 2.51. The summed E-state index contributed by atoms with van der Waals surface area (Å²) in [6.07, 6.45) is 26.4. The average Bonchev–Trinajstić information content (AvgIpc) is 3.21. The van der Waals surface area contributed by atoms with E-state index in [-0.39, 0.29) is 12.8 Å². The van der Waals surface area contributed by atoms with Gasteiger partial charge in [0.05, 0.1) is 6.61 Å². The smallest absolute Gasteiger partial charge is 0.462 e. The average molecular weight is 861 g/mol. The molecule has 0 spiro atoms. The van der Waals surface area contributed by atoms with E-state index in [4.69, 9.17) is 18.5 Å². The van der Waals surface area contributed by atoms with E-state index < -0.39 is 75.7 Å². The lowest BCUT2D eigenvalue weighted by molar-refractivity contribution is -0.220. The van der Waals surface area contributed by atoms with E-state index >= 15 is 0 Å². The van der Waals surface area contributed by atoms with Crippen LogP contribution < -0.4 is 0 Å². The molecule has 0 bridgehead atoms. The third-order valence-corrected chi connectivity index (χ3v) is 11.5. The molecule has 6 N–H and O–H groups in total. The van der Waals surface area contributed by atoms with Gasteiger partial charge >= 0.3 is 19.8 Å². The Bertz CT molecular complexity index is 1180. The van der Waals surface area contributed by atoms with Crippen LogP contribution in [0.4, 0.5) is 0 Å². The maximum absolute atomic E-state index is 12.8. The summed E-state index contributed by atoms with van der Waals surface area (Å²) in [5.74, 6) is -1.16. The molecular weight excluding hydrogens is 779 g/mol. The number of carbonyl (C=O) groups is 2. The Labute approximate surface area is 355 Å². The molecule has 344 valence electrons. The van der Waals surface area contributed by atoms with Gasteiger partial charge in [0.25, 0.3) is 0 Å². The van der Waals surface area contributed by atoms with Gasteiger partial charge in [-0.05, 0) is 44.9 Å². The number of esters is 2. The SMILES string of the molecule is CCCCCCCC/C=C/C/C=C/C/C=C/CCCC(=O)O[C@H](COC(=O)CCCCCCCCCCCCCCC)COP(=O)(O)OC1C(O)C(O)C(O)[C@H](O)C1O. The third kappa shape index (κ3) is 28.3. The molecule has 6 unspecified atom stereocenters. The molecule has 0 aromatic carbocycles. The van der Waals surface area contributed by atoms with Crippen LogP contribution in [0.15, 0.2) is 36.5 Å². The van der Waals surface area contributed by atoms with E-state index in [0.29, 0.717) is 19.3 Å². The van der Waals surface area contributed by atoms with Crippen LogP contribution in [-0.4, -0.2) is 98.3 Å². The summed E-state index contributed by atoms with van der Waals surface area (Å²) in [6, 6.07) is 0. The minimum absolute atomic E-state index is 0.0266. The Hall–Kier alpha value is -1.93. The molecule has 13 nitrogen and oxygen atoms in total. The normalized spacial score (nSPS) is 22.6. The van der Waals surface area contributed by atoms with Crippen molar-refractivity contribution in [3.8, 4) is 0 Å². The Morgan fingerprint density at radius 1 is 0.525 bits per heavy atom. The number of aliphatic hydroxyl groups excluding tert-OH is 5. The van der Waals surface area contributed by atoms with E-state index in [1.807, 2.05) is 12.2 Å². The molecule has 1 aliphatic rings. The zero-order valence-electron chi connectivity index (χ0n) is 36.3. The monoisotopic (exact) mass is 861 g/mol. The zero-order valence-corrected chi connectivity index (χ0v) is 37.2. The largest absolute Gasteiger partial charge is 0.472 e. The first-order chi connectivity index (χ1) is 28.4. The first-order valence-corrected chi connectivity index (χ1v) is 24.3. The van der Waals surface area contributed by atoms with Gasteiger partial charge in [0.2, 0.25) is 0 Å². The summed E-state index contributed by atoms with van der Waals surface area (Å²) in [6.45, 7) is 3.24. The predicted molar refractivity (Wildman–Crippen MR) is 230 cm³/mol. The Morgan fingerprint density at radius 3 is 1.44 bits per heavy atom. The highest BCUT2D eigenvalue weighted by Crippen LogP contribution is 2.47.